The molecule has 0 unspecified atom stereocenters. The fourth-order valence-electron chi connectivity index (χ4n) is 7.15. The van der Waals surface area contributed by atoms with Crippen molar-refractivity contribution in [3.05, 3.63) is 59.2 Å². The van der Waals surface area contributed by atoms with Gasteiger partial charge >= 0.3 is 6.18 Å². The summed E-state index contributed by atoms with van der Waals surface area (Å²) in [5.41, 5.74) is 4.33. The summed E-state index contributed by atoms with van der Waals surface area (Å²) in [5.74, 6) is -1.30. The number of amides is 2. The van der Waals surface area contributed by atoms with Crippen molar-refractivity contribution < 1.29 is 31.9 Å². The molecule has 2 atom stereocenters. The van der Waals surface area contributed by atoms with Gasteiger partial charge in [-0.15, -0.1) is 0 Å². The molecule has 0 aromatic heterocycles. The number of rotatable bonds is 6. The molecule has 11 heteroatoms. The second-order valence-corrected chi connectivity index (χ2v) is 13.7. The van der Waals surface area contributed by atoms with Crippen LogP contribution in [0.1, 0.15) is 75.0 Å². The third-order valence-corrected chi connectivity index (χ3v) is 10.0. The molecule has 3 fully saturated rings. The van der Waals surface area contributed by atoms with Crippen LogP contribution < -0.4 is 15.4 Å². The zero-order valence-electron chi connectivity index (χ0n) is 26.5. The van der Waals surface area contributed by atoms with Crippen molar-refractivity contribution in [1.29, 1.82) is 0 Å². The maximum absolute atomic E-state index is 17.2. The van der Waals surface area contributed by atoms with Gasteiger partial charge < -0.3 is 20.3 Å². The predicted molar refractivity (Wildman–Crippen MR) is 165 cm³/mol. The van der Waals surface area contributed by atoms with Crippen molar-refractivity contribution in [3.8, 4) is 5.75 Å². The molecule has 7 nitrogen and oxygen atoms in total. The molecule has 3 heterocycles. The van der Waals surface area contributed by atoms with Crippen molar-refractivity contribution in [2.24, 2.45) is 11.7 Å². The van der Waals surface area contributed by atoms with Crippen molar-refractivity contribution in [3.63, 3.8) is 0 Å². The summed E-state index contributed by atoms with van der Waals surface area (Å²) in [7, 11) is 1.57. The number of hydrogen-bond donors (Lipinski definition) is 1. The Morgan fingerprint density at radius 1 is 0.933 bits per heavy atom. The van der Waals surface area contributed by atoms with E-state index in [4.69, 9.17) is 10.5 Å². The van der Waals surface area contributed by atoms with E-state index < -0.39 is 29.2 Å². The van der Waals surface area contributed by atoms with E-state index in [-0.39, 0.29) is 29.8 Å². The van der Waals surface area contributed by atoms with E-state index >= 15 is 4.39 Å². The van der Waals surface area contributed by atoms with Crippen LogP contribution >= 0.6 is 0 Å². The molecule has 0 aliphatic carbocycles. The Kier molecular flexibility index (Phi) is 9.14. The number of halogens is 4. The summed E-state index contributed by atoms with van der Waals surface area (Å²) in [6.45, 7) is 7.90. The fraction of sp³-hybridized carbons (Fsp3) is 0.588. The van der Waals surface area contributed by atoms with Gasteiger partial charge in [-0.1, -0.05) is 18.2 Å². The monoisotopic (exact) mass is 632 g/mol. The number of nitrogens with zero attached hydrogens (tertiary/aromatic N) is 3. The van der Waals surface area contributed by atoms with E-state index in [1.165, 1.54) is 6.07 Å². The molecular formula is C34H44F4N4O3. The van der Waals surface area contributed by atoms with Crippen LogP contribution in [0.15, 0.2) is 42.5 Å². The van der Waals surface area contributed by atoms with Crippen LogP contribution in [0.5, 0.6) is 5.75 Å². The Hall–Kier alpha value is -3.34. The summed E-state index contributed by atoms with van der Waals surface area (Å²) < 4.78 is 63.6. The molecular weight excluding hydrogens is 588 g/mol. The third-order valence-electron chi connectivity index (χ3n) is 10.0. The molecule has 45 heavy (non-hydrogen) atoms. The summed E-state index contributed by atoms with van der Waals surface area (Å²) >= 11 is 0. The van der Waals surface area contributed by atoms with E-state index in [2.05, 4.69) is 0 Å². The number of primary amides is 1. The molecule has 3 aliphatic heterocycles. The van der Waals surface area contributed by atoms with Gasteiger partial charge in [0.05, 0.1) is 12.7 Å². The van der Waals surface area contributed by atoms with Gasteiger partial charge in [0.1, 0.15) is 5.75 Å². The molecule has 0 spiro atoms. The molecule has 2 aromatic carbocycles. The largest absolute Gasteiger partial charge is 0.497 e. The SMILES string of the molecule is COc1ccc([C@@H]2CN(C(C)(C)C)C[C@@]2(F)C(=O)N2CCC(c3ccc(C(F)(F)F)cc3N3CCC(C(N)=O)CC3)CC2)cc1. The second kappa shape index (κ2) is 12.5. The van der Waals surface area contributed by atoms with Gasteiger partial charge in [0, 0.05) is 62.3 Å². The van der Waals surface area contributed by atoms with Crippen LogP contribution in [0.4, 0.5) is 23.2 Å². The number of piperidine rings is 2. The Morgan fingerprint density at radius 3 is 2.09 bits per heavy atom. The summed E-state index contributed by atoms with van der Waals surface area (Å²) in [5, 5.41) is 0. The van der Waals surface area contributed by atoms with Crippen molar-refractivity contribution >= 4 is 17.5 Å². The molecule has 3 saturated heterocycles. The standard InChI is InChI=1S/C34H44F4N4O3/c1-32(2,3)42-20-28(23-5-8-26(45-4)9-6-23)33(35,21-42)31(44)41-17-11-22(12-18-41)27-10-7-25(34(36,37)38)19-29(27)40-15-13-24(14-16-40)30(39)43/h5-10,19,22,24,28H,11-18,20-21H2,1-4H3,(H2,39,43)/t28-,33-/m0/s1. The first-order valence-electron chi connectivity index (χ1n) is 15.7. The van der Waals surface area contributed by atoms with Crippen LogP contribution in [0.2, 0.25) is 0 Å². The molecule has 0 radical (unpaired) electrons. The molecule has 0 saturated carbocycles. The smallest absolute Gasteiger partial charge is 0.416 e. The van der Waals surface area contributed by atoms with Crippen LogP contribution in [0.3, 0.4) is 0 Å². The lowest BCUT2D eigenvalue weighted by Gasteiger charge is -2.39. The lowest BCUT2D eigenvalue weighted by Crippen LogP contribution is -2.53. The van der Waals surface area contributed by atoms with E-state index in [0.717, 1.165) is 17.2 Å². The molecule has 2 N–H and O–H groups in total. The zero-order chi connectivity index (χ0) is 32.7. The highest BCUT2D eigenvalue weighted by Gasteiger charge is 2.57. The molecule has 2 amide bonds. The van der Waals surface area contributed by atoms with Gasteiger partial charge in [0.15, 0.2) is 0 Å². The first kappa shape index (κ1) is 33.0. The molecule has 246 valence electrons. The third kappa shape index (κ3) is 6.78. The number of methoxy groups -OCH3 is 1. The fourth-order valence-corrected chi connectivity index (χ4v) is 7.15. The van der Waals surface area contributed by atoms with Crippen LogP contribution in [0.25, 0.3) is 0 Å². The number of benzene rings is 2. The van der Waals surface area contributed by atoms with E-state index in [1.807, 2.05) is 42.7 Å². The van der Waals surface area contributed by atoms with Gasteiger partial charge in [0.2, 0.25) is 11.6 Å². The number of hydrogen-bond acceptors (Lipinski definition) is 5. The van der Waals surface area contributed by atoms with Gasteiger partial charge in [0.25, 0.3) is 5.91 Å². The zero-order valence-corrected chi connectivity index (χ0v) is 26.5. The number of likely N-dealkylation sites (tertiary alicyclic amines) is 2. The molecule has 0 bridgehead atoms. The van der Waals surface area contributed by atoms with Gasteiger partial charge in [-0.25, -0.2) is 4.39 Å². The van der Waals surface area contributed by atoms with Crippen LogP contribution in [0, 0.1) is 5.92 Å². The average Bonchev–Trinajstić information content (AvgIpc) is 3.39. The maximum atomic E-state index is 17.2. The van der Waals surface area contributed by atoms with Crippen molar-refractivity contribution in [1.82, 2.24) is 9.80 Å². The maximum Gasteiger partial charge on any atom is 0.416 e. The van der Waals surface area contributed by atoms with E-state index in [9.17, 15) is 22.8 Å². The number of nitrogens with two attached hydrogens (primary N) is 1. The second-order valence-electron chi connectivity index (χ2n) is 13.7. The normalized spacial score (nSPS) is 24.2. The number of ether oxygens (including phenoxy) is 1. The van der Waals surface area contributed by atoms with Crippen LogP contribution in [-0.4, -0.2) is 79.2 Å². The number of carbonyl (C=O) groups is 2. The van der Waals surface area contributed by atoms with Gasteiger partial charge in [-0.3, -0.25) is 14.5 Å². The summed E-state index contributed by atoms with van der Waals surface area (Å²) in [6, 6.07) is 11.1. The minimum atomic E-state index is -4.49. The molecule has 2 aromatic rings. The highest BCUT2D eigenvalue weighted by atomic mass is 19.4. The first-order chi connectivity index (χ1) is 21.1. The van der Waals surface area contributed by atoms with Crippen molar-refractivity contribution in [2.75, 3.05) is 51.3 Å². The number of anilines is 1. The Morgan fingerprint density at radius 2 is 1.56 bits per heavy atom. The molecule has 3 aliphatic rings. The minimum Gasteiger partial charge on any atom is -0.497 e. The Bertz CT molecular complexity index is 1380. The average molecular weight is 633 g/mol. The highest BCUT2D eigenvalue weighted by Crippen LogP contribution is 2.45. The lowest BCUT2D eigenvalue weighted by atomic mass is 9.83. The van der Waals surface area contributed by atoms with Crippen molar-refractivity contribution in [2.45, 2.75) is 75.7 Å². The topological polar surface area (TPSA) is 79.1 Å². The first-order valence-corrected chi connectivity index (χ1v) is 15.7. The van der Waals surface area contributed by atoms with Crippen LogP contribution in [-0.2, 0) is 15.8 Å². The van der Waals surface area contributed by atoms with E-state index in [1.54, 1.807) is 30.2 Å². The Labute approximate surface area is 262 Å². The Balaban J connectivity index is 1.35. The summed E-state index contributed by atoms with van der Waals surface area (Å²) in [6.07, 6.45) is -2.51. The molecule has 5 rings (SSSR count). The van der Waals surface area contributed by atoms with E-state index in [0.29, 0.717) is 69.8 Å². The lowest BCUT2D eigenvalue weighted by molar-refractivity contribution is -0.145. The van der Waals surface area contributed by atoms with Gasteiger partial charge in [-0.2, -0.15) is 13.2 Å². The minimum absolute atomic E-state index is 0.0176. The predicted octanol–water partition coefficient (Wildman–Crippen LogP) is 5.73. The van der Waals surface area contributed by atoms with Gasteiger partial charge in [-0.05, 0) is 87.8 Å². The highest BCUT2D eigenvalue weighted by molar-refractivity contribution is 5.87. The summed E-state index contributed by atoms with van der Waals surface area (Å²) in [4.78, 5) is 31.2. The number of carbonyl (C=O) groups excluding carboxylic acids is 2. The quantitative estimate of drug-likeness (QED) is 0.412. The number of alkyl halides is 4.